The minimum Gasteiger partial charge on any atom is -0.543 e. The van der Waals surface area contributed by atoms with Crippen LogP contribution in [0.3, 0.4) is 0 Å². The normalized spacial score (nSPS) is 16.3. The lowest BCUT2D eigenvalue weighted by molar-refractivity contribution is 0.213. The summed E-state index contributed by atoms with van der Waals surface area (Å²) in [7, 11) is -4.40. The molecule has 0 radical (unpaired) electrons. The zero-order chi connectivity index (χ0) is 42.8. The van der Waals surface area contributed by atoms with Crippen molar-refractivity contribution in [2.75, 3.05) is 32.8 Å². The van der Waals surface area contributed by atoms with E-state index < -0.39 is 22.7 Å². The van der Waals surface area contributed by atoms with E-state index in [0.29, 0.717) is 23.5 Å². The molecule has 0 aromatic heterocycles. The molecule has 0 spiro atoms. The number of aliphatic hydroxyl groups is 1. The predicted molar refractivity (Wildman–Crippen MR) is 251 cm³/mol. The highest BCUT2D eigenvalue weighted by Gasteiger charge is 2.47. The van der Waals surface area contributed by atoms with Gasteiger partial charge < -0.3 is 28.5 Å². The Balaban J connectivity index is 1.49. The molecule has 1 fully saturated rings. The Bertz CT molecular complexity index is 1810. The van der Waals surface area contributed by atoms with Gasteiger partial charge in [0.2, 0.25) is 8.32 Å². The SMILES string of the molecule is CCCCC[Si](CCCCC)(Oc1ccc(C2=C(C(O)c3ccc(OCCN4CCCCCC4)cc3)c3ccc(O[Si](C)(C)C(C)(C)C)cc3OC2)c(O)c1)C(C)(C)C. The van der Waals surface area contributed by atoms with Crippen LogP contribution in [0.25, 0.3) is 11.1 Å². The first-order chi connectivity index (χ1) is 28.0. The number of phenols is 1. The van der Waals surface area contributed by atoms with Crippen LogP contribution < -0.4 is 18.3 Å². The van der Waals surface area contributed by atoms with E-state index in [-0.39, 0.29) is 22.4 Å². The topological polar surface area (TPSA) is 80.6 Å². The molecule has 3 aromatic carbocycles. The summed E-state index contributed by atoms with van der Waals surface area (Å²) in [5.41, 5.74) is 3.61. The number of fused-ring (bicyclic) bond motifs is 1. The summed E-state index contributed by atoms with van der Waals surface area (Å²) in [6, 6.07) is 21.7. The average Bonchev–Trinajstić information content (AvgIpc) is 3.45. The van der Waals surface area contributed by atoms with Gasteiger partial charge in [-0.1, -0.05) is 119 Å². The number of likely N-dealkylation sites (tertiary alicyclic amines) is 1. The van der Waals surface area contributed by atoms with Crippen LogP contribution in [0.4, 0.5) is 0 Å². The van der Waals surface area contributed by atoms with Gasteiger partial charge in [0.25, 0.3) is 8.32 Å². The summed E-state index contributed by atoms with van der Waals surface area (Å²) in [6.45, 7) is 26.8. The Labute approximate surface area is 359 Å². The fraction of sp³-hybridized carbons (Fsp3) is 0.600. The molecule has 0 bridgehead atoms. The number of nitrogens with zero attached hydrogens (tertiary/aromatic N) is 1. The smallest absolute Gasteiger partial charge is 0.256 e. The first-order valence-electron chi connectivity index (χ1n) is 22.8. The van der Waals surface area contributed by atoms with Crippen LogP contribution in [-0.2, 0) is 0 Å². The monoisotopic (exact) mass is 844 g/mol. The highest BCUT2D eigenvalue weighted by atomic mass is 28.4. The lowest BCUT2D eigenvalue weighted by Gasteiger charge is -2.43. The van der Waals surface area contributed by atoms with E-state index in [2.05, 4.69) is 73.4 Å². The van der Waals surface area contributed by atoms with Gasteiger partial charge in [0.05, 0.1) is 0 Å². The van der Waals surface area contributed by atoms with Crippen LogP contribution in [0.15, 0.2) is 60.7 Å². The number of rotatable bonds is 19. The lowest BCUT2D eigenvalue weighted by Crippen LogP contribution is -2.50. The van der Waals surface area contributed by atoms with Crippen molar-refractivity contribution in [1.29, 1.82) is 0 Å². The molecular weight excluding hydrogens is 767 g/mol. The molecule has 326 valence electrons. The summed E-state index contributed by atoms with van der Waals surface area (Å²) < 4.78 is 26.6. The highest BCUT2D eigenvalue weighted by Crippen LogP contribution is 2.49. The van der Waals surface area contributed by atoms with Crippen LogP contribution in [0, 0.1) is 0 Å². The van der Waals surface area contributed by atoms with Crippen molar-refractivity contribution in [3.05, 3.63) is 77.4 Å². The van der Waals surface area contributed by atoms with E-state index in [1.165, 1.54) is 51.4 Å². The minimum atomic E-state index is -2.28. The molecule has 0 aliphatic carbocycles. The molecule has 2 heterocycles. The van der Waals surface area contributed by atoms with Crippen molar-refractivity contribution in [2.24, 2.45) is 0 Å². The molecule has 1 unspecified atom stereocenters. The second-order valence-electron chi connectivity index (χ2n) is 19.7. The number of aromatic hydroxyl groups is 1. The van der Waals surface area contributed by atoms with Gasteiger partial charge in [-0.15, -0.1) is 0 Å². The van der Waals surface area contributed by atoms with Crippen LogP contribution in [0.2, 0.25) is 35.3 Å². The Morgan fingerprint density at radius 3 is 1.85 bits per heavy atom. The molecule has 2 aliphatic heterocycles. The van der Waals surface area contributed by atoms with Crippen LogP contribution in [0.5, 0.6) is 28.7 Å². The minimum absolute atomic E-state index is 0.0317. The molecule has 59 heavy (non-hydrogen) atoms. The van der Waals surface area contributed by atoms with Crippen molar-refractivity contribution in [3.8, 4) is 28.7 Å². The van der Waals surface area contributed by atoms with E-state index in [0.717, 1.165) is 78.5 Å². The predicted octanol–water partition coefficient (Wildman–Crippen LogP) is 13.6. The number of aliphatic hydroxyl groups excluding tert-OH is 1. The molecule has 1 saturated heterocycles. The largest absolute Gasteiger partial charge is 0.543 e. The van der Waals surface area contributed by atoms with E-state index in [1.807, 2.05) is 54.6 Å². The van der Waals surface area contributed by atoms with E-state index in [1.54, 1.807) is 6.07 Å². The van der Waals surface area contributed by atoms with Crippen molar-refractivity contribution in [1.82, 2.24) is 4.90 Å². The number of phenolic OH excluding ortho intramolecular Hbond substituents is 1. The van der Waals surface area contributed by atoms with Gasteiger partial charge in [0.1, 0.15) is 48.1 Å². The quantitative estimate of drug-likeness (QED) is 0.0919. The standard InChI is InChI=1S/C50H77NO6Si2/c1-11-13-19-33-59(50(6,7)8,34-20-14-12-2)57-40-25-27-42(45(52)35-40)44-37-55-46-36-41(56-58(9,10)49(3,4)5)26-28-43(46)47(44)48(53)38-21-23-39(24-22-38)54-32-31-51-29-17-15-16-18-30-51/h21-28,35-36,48,52-53H,11-20,29-34,37H2,1-10H3. The molecule has 0 amide bonds. The summed E-state index contributed by atoms with van der Waals surface area (Å²) in [5, 5.41) is 24.3. The Kier molecular flexibility index (Phi) is 16.3. The molecule has 5 rings (SSSR count). The summed E-state index contributed by atoms with van der Waals surface area (Å²) in [6.07, 6.45) is 11.2. The van der Waals surface area contributed by atoms with E-state index in [9.17, 15) is 10.2 Å². The van der Waals surface area contributed by atoms with E-state index >= 15 is 0 Å². The van der Waals surface area contributed by atoms with Gasteiger partial charge in [-0.25, -0.2) is 0 Å². The number of benzene rings is 3. The molecule has 2 N–H and O–H groups in total. The van der Waals surface area contributed by atoms with Gasteiger partial charge in [-0.05, 0) is 103 Å². The molecule has 7 nitrogen and oxygen atoms in total. The number of ether oxygens (including phenoxy) is 2. The molecule has 0 saturated carbocycles. The molecule has 2 aliphatic rings. The molecule has 9 heteroatoms. The molecule has 1 atom stereocenters. The number of unbranched alkanes of at least 4 members (excludes halogenated alkanes) is 4. The second-order valence-corrected chi connectivity index (χ2v) is 29.1. The van der Waals surface area contributed by atoms with Crippen molar-refractivity contribution < 1.29 is 28.5 Å². The lowest BCUT2D eigenvalue weighted by atomic mass is 9.86. The second kappa shape index (κ2) is 20.5. The van der Waals surface area contributed by atoms with Crippen molar-refractivity contribution in [2.45, 2.75) is 161 Å². The maximum atomic E-state index is 12.4. The highest BCUT2D eigenvalue weighted by molar-refractivity contribution is 6.77. The fourth-order valence-electron chi connectivity index (χ4n) is 8.35. The van der Waals surface area contributed by atoms with Crippen molar-refractivity contribution >= 4 is 27.8 Å². The summed E-state index contributed by atoms with van der Waals surface area (Å²) in [5.74, 6) is 3.06. The first-order valence-corrected chi connectivity index (χ1v) is 28.1. The van der Waals surface area contributed by atoms with Gasteiger partial charge in [-0.3, -0.25) is 4.90 Å². The Hall–Kier alpha value is -3.25. The Morgan fingerprint density at radius 2 is 1.29 bits per heavy atom. The summed E-state index contributed by atoms with van der Waals surface area (Å²) >= 11 is 0. The van der Waals surface area contributed by atoms with E-state index in [4.69, 9.17) is 18.3 Å². The van der Waals surface area contributed by atoms with Crippen LogP contribution >= 0.6 is 0 Å². The first kappa shape index (κ1) is 46.8. The van der Waals surface area contributed by atoms with Gasteiger partial charge >= 0.3 is 0 Å². The Morgan fingerprint density at radius 1 is 0.712 bits per heavy atom. The maximum absolute atomic E-state index is 12.4. The third kappa shape index (κ3) is 12.0. The average molecular weight is 844 g/mol. The summed E-state index contributed by atoms with van der Waals surface area (Å²) in [4.78, 5) is 2.50. The number of hydrogen-bond donors (Lipinski definition) is 2. The van der Waals surface area contributed by atoms with Gasteiger partial charge in [-0.2, -0.15) is 0 Å². The third-order valence-corrected chi connectivity index (χ3v) is 23.3. The van der Waals surface area contributed by atoms with Gasteiger partial charge in [0.15, 0.2) is 0 Å². The molecular formula is C50H77NO6Si2. The zero-order valence-electron chi connectivity index (χ0n) is 38.3. The van der Waals surface area contributed by atoms with Crippen LogP contribution in [-0.4, -0.2) is 64.6 Å². The fourth-order valence-corrected chi connectivity index (χ4v) is 13.9. The van der Waals surface area contributed by atoms with Crippen molar-refractivity contribution in [3.63, 3.8) is 0 Å². The maximum Gasteiger partial charge on any atom is 0.256 e. The number of hydrogen-bond acceptors (Lipinski definition) is 7. The zero-order valence-corrected chi connectivity index (χ0v) is 40.3. The van der Waals surface area contributed by atoms with Crippen LogP contribution in [0.1, 0.15) is 142 Å². The molecule has 3 aromatic rings. The third-order valence-electron chi connectivity index (χ3n) is 13.3. The van der Waals surface area contributed by atoms with Gasteiger partial charge in [0, 0.05) is 41.0 Å².